The summed E-state index contributed by atoms with van der Waals surface area (Å²) in [5.74, 6) is 0.209. The second-order valence-electron chi connectivity index (χ2n) is 4.36. The smallest absolute Gasteiger partial charge is 0.245 e. The highest BCUT2D eigenvalue weighted by Gasteiger charge is 2.30. The van der Waals surface area contributed by atoms with Gasteiger partial charge in [-0.3, -0.25) is 10.2 Å². The molecule has 1 saturated heterocycles. The molecule has 0 aliphatic carbocycles. The fourth-order valence-corrected chi connectivity index (χ4v) is 3.95. The van der Waals surface area contributed by atoms with Crippen molar-refractivity contribution < 1.29 is 4.79 Å². The van der Waals surface area contributed by atoms with Crippen molar-refractivity contribution in [3.63, 3.8) is 0 Å². The third kappa shape index (κ3) is 3.08. The van der Waals surface area contributed by atoms with Gasteiger partial charge in [-0.05, 0) is 17.7 Å². The first kappa shape index (κ1) is 14.8. The first-order valence-corrected chi connectivity index (χ1v) is 8.53. The summed E-state index contributed by atoms with van der Waals surface area (Å²) in [5, 5.41) is 9.58. The van der Waals surface area contributed by atoms with Gasteiger partial charge in [-0.15, -0.1) is 11.3 Å². The molecular weight excluding hydrogens is 349 g/mol. The van der Waals surface area contributed by atoms with E-state index in [0.717, 1.165) is 10.4 Å². The number of amidine groups is 1. The molecule has 8 heteroatoms. The van der Waals surface area contributed by atoms with E-state index in [2.05, 4.69) is 4.98 Å². The van der Waals surface area contributed by atoms with Crippen LogP contribution < -0.4 is 4.90 Å². The highest BCUT2D eigenvalue weighted by atomic mass is 35.5. The van der Waals surface area contributed by atoms with Crippen LogP contribution in [0.2, 0.25) is 10.0 Å². The molecule has 2 aromatic rings. The second-order valence-corrected chi connectivity index (χ2v) is 7.23. The number of hydrogen-bond donors (Lipinski definition) is 1. The number of carbonyl (C=O) groups excluding carboxylic acids is 1. The van der Waals surface area contributed by atoms with E-state index in [1.165, 1.54) is 28.0 Å². The summed E-state index contributed by atoms with van der Waals surface area (Å²) >= 11 is 14.5. The molecule has 1 aliphatic heterocycles. The third-order valence-electron chi connectivity index (χ3n) is 2.88. The fourth-order valence-electron chi connectivity index (χ4n) is 1.90. The minimum Gasteiger partial charge on any atom is -0.278 e. The molecule has 1 aliphatic rings. The molecule has 1 aromatic heterocycles. The Kier molecular flexibility index (Phi) is 4.21. The summed E-state index contributed by atoms with van der Waals surface area (Å²) in [6.07, 6.45) is 2.39. The minimum atomic E-state index is -0.0968. The maximum absolute atomic E-state index is 11.7. The van der Waals surface area contributed by atoms with Crippen LogP contribution in [0.15, 0.2) is 24.4 Å². The van der Waals surface area contributed by atoms with Gasteiger partial charge in [0.1, 0.15) is 0 Å². The monoisotopic (exact) mass is 357 g/mol. The van der Waals surface area contributed by atoms with Gasteiger partial charge in [0, 0.05) is 17.5 Å². The van der Waals surface area contributed by atoms with Gasteiger partial charge < -0.3 is 0 Å². The highest BCUT2D eigenvalue weighted by Crippen LogP contribution is 2.31. The van der Waals surface area contributed by atoms with Crippen LogP contribution in [0, 0.1) is 5.41 Å². The largest absolute Gasteiger partial charge is 0.278 e. The molecule has 1 aromatic carbocycles. The number of nitrogens with one attached hydrogen (secondary N) is 1. The zero-order chi connectivity index (χ0) is 15.0. The van der Waals surface area contributed by atoms with Crippen LogP contribution in [0.25, 0.3) is 0 Å². The molecule has 1 fully saturated rings. The number of thioether (sulfide) groups is 1. The molecule has 4 nitrogen and oxygen atoms in total. The van der Waals surface area contributed by atoms with Crippen LogP contribution in [-0.2, 0) is 11.2 Å². The molecule has 0 atom stereocenters. The van der Waals surface area contributed by atoms with Gasteiger partial charge in [0.15, 0.2) is 10.3 Å². The Balaban J connectivity index is 1.80. The van der Waals surface area contributed by atoms with Crippen LogP contribution in [0.3, 0.4) is 0 Å². The molecule has 0 saturated carbocycles. The van der Waals surface area contributed by atoms with Crippen molar-refractivity contribution in [3.05, 3.63) is 44.9 Å². The van der Waals surface area contributed by atoms with Crippen molar-refractivity contribution in [2.45, 2.75) is 6.42 Å². The van der Waals surface area contributed by atoms with Crippen LogP contribution in [0.1, 0.15) is 10.4 Å². The molecule has 0 bridgehead atoms. The van der Waals surface area contributed by atoms with Gasteiger partial charge in [-0.25, -0.2) is 9.88 Å². The summed E-state index contributed by atoms with van der Waals surface area (Å²) in [6.45, 7) is 0. The average Bonchev–Trinajstić information content (AvgIpc) is 3.01. The molecule has 2 heterocycles. The Labute approximate surface area is 139 Å². The van der Waals surface area contributed by atoms with Gasteiger partial charge in [0.25, 0.3) is 0 Å². The third-order valence-corrected chi connectivity index (χ3v) is 5.45. The molecule has 3 rings (SSSR count). The van der Waals surface area contributed by atoms with Crippen molar-refractivity contribution in [1.29, 1.82) is 5.41 Å². The number of anilines is 1. The number of aromatic nitrogens is 1. The SMILES string of the molecule is N=C1SCC(=O)N1c1ncc(Cc2ccc(Cl)c(Cl)c2)s1. The summed E-state index contributed by atoms with van der Waals surface area (Å²) in [5.41, 5.74) is 1.02. The van der Waals surface area contributed by atoms with Crippen LogP contribution in [-0.4, -0.2) is 21.8 Å². The second kappa shape index (κ2) is 5.96. The molecule has 1 amide bonds. The van der Waals surface area contributed by atoms with Crippen LogP contribution >= 0.6 is 46.3 Å². The molecule has 0 radical (unpaired) electrons. The Hall–Kier alpha value is -1.08. The van der Waals surface area contributed by atoms with E-state index in [-0.39, 0.29) is 11.1 Å². The maximum Gasteiger partial charge on any atom is 0.245 e. The first-order chi connectivity index (χ1) is 10.0. The van der Waals surface area contributed by atoms with Gasteiger partial charge >= 0.3 is 0 Å². The lowest BCUT2D eigenvalue weighted by Gasteiger charge is -2.09. The molecule has 108 valence electrons. The summed E-state index contributed by atoms with van der Waals surface area (Å²) in [6, 6.07) is 5.49. The van der Waals surface area contributed by atoms with E-state index in [9.17, 15) is 4.79 Å². The zero-order valence-corrected chi connectivity index (χ0v) is 13.7. The van der Waals surface area contributed by atoms with Crippen LogP contribution in [0.4, 0.5) is 5.13 Å². The Bertz CT molecular complexity index is 716. The predicted octanol–water partition coefficient (Wildman–Crippen LogP) is 4.06. The topological polar surface area (TPSA) is 57.1 Å². The van der Waals surface area contributed by atoms with Gasteiger partial charge in [-0.1, -0.05) is 41.0 Å². The Morgan fingerprint density at radius 3 is 2.81 bits per heavy atom. The average molecular weight is 358 g/mol. The van der Waals surface area contributed by atoms with Crippen LogP contribution in [0.5, 0.6) is 0 Å². The Morgan fingerprint density at radius 2 is 2.14 bits per heavy atom. The standard InChI is InChI=1S/C13H9Cl2N3OS2/c14-9-2-1-7(4-10(9)15)3-8-5-17-13(21-8)18-11(19)6-20-12(18)16/h1-2,4-5,16H,3,6H2. The highest BCUT2D eigenvalue weighted by molar-refractivity contribution is 8.15. The van der Waals surface area contributed by atoms with Gasteiger partial charge in [0.2, 0.25) is 5.91 Å². The van der Waals surface area contributed by atoms with E-state index in [0.29, 0.717) is 27.4 Å². The number of halogens is 2. The number of amides is 1. The number of rotatable bonds is 3. The van der Waals surface area contributed by atoms with Crippen molar-refractivity contribution in [1.82, 2.24) is 4.98 Å². The number of thiazole rings is 1. The lowest BCUT2D eigenvalue weighted by atomic mass is 10.1. The minimum absolute atomic E-state index is 0.0968. The zero-order valence-electron chi connectivity index (χ0n) is 10.6. The maximum atomic E-state index is 11.7. The normalized spacial score (nSPS) is 15.0. The van der Waals surface area contributed by atoms with Gasteiger partial charge in [0.05, 0.1) is 15.8 Å². The Morgan fingerprint density at radius 1 is 1.33 bits per heavy atom. The molecule has 1 N–H and O–H groups in total. The predicted molar refractivity (Wildman–Crippen MR) is 89.1 cm³/mol. The number of nitrogens with zero attached hydrogens (tertiary/aromatic N) is 2. The lowest BCUT2D eigenvalue weighted by molar-refractivity contribution is -0.115. The number of carbonyl (C=O) groups is 1. The fraction of sp³-hybridized carbons (Fsp3) is 0.154. The summed E-state index contributed by atoms with van der Waals surface area (Å²) < 4.78 is 0. The van der Waals surface area contributed by atoms with Crippen molar-refractivity contribution in [3.8, 4) is 0 Å². The van der Waals surface area contributed by atoms with Crippen molar-refractivity contribution in [2.75, 3.05) is 10.7 Å². The van der Waals surface area contributed by atoms with E-state index in [1.807, 2.05) is 12.1 Å². The number of benzene rings is 1. The van der Waals surface area contributed by atoms with Crippen molar-refractivity contribution >= 4 is 62.5 Å². The number of hydrogen-bond acceptors (Lipinski definition) is 5. The summed E-state index contributed by atoms with van der Waals surface area (Å²) in [7, 11) is 0. The van der Waals surface area contributed by atoms with E-state index in [1.54, 1.807) is 12.3 Å². The van der Waals surface area contributed by atoms with Crippen molar-refractivity contribution in [2.24, 2.45) is 0 Å². The lowest BCUT2D eigenvalue weighted by Crippen LogP contribution is -2.28. The molecular formula is C13H9Cl2N3OS2. The quantitative estimate of drug-likeness (QED) is 0.900. The molecule has 21 heavy (non-hydrogen) atoms. The first-order valence-electron chi connectivity index (χ1n) is 5.97. The van der Waals surface area contributed by atoms with Gasteiger partial charge in [-0.2, -0.15) is 0 Å². The van der Waals surface area contributed by atoms with E-state index in [4.69, 9.17) is 28.6 Å². The van der Waals surface area contributed by atoms with E-state index >= 15 is 0 Å². The molecule has 0 spiro atoms. The molecule has 0 unspecified atom stereocenters. The summed E-state index contributed by atoms with van der Waals surface area (Å²) in [4.78, 5) is 18.3. The van der Waals surface area contributed by atoms with E-state index < -0.39 is 0 Å².